The predicted molar refractivity (Wildman–Crippen MR) is 61.8 cm³/mol. The number of anilines is 1. The van der Waals surface area contributed by atoms with E-state index >= 15 is 0 Å². The molecule has 0 radical (unpaired) electrons. The summed E-state index contributed by atoms with van der Waals surface area (Å²) >= 11 is 0. The first kappa shape index (κ1) is 13.3. The minimum Gasteiger partial charge on any atom is -0.394 e. The topological polar surface area (TPSA) is 109 Å². The molecule has 7 heteroatoms. The van der Waals surface area contributed by atoms with Crippen LogP contribution in [0.5, 0.6) is 0 Å². The largest absolute Gasteiger partial charge is 0.394 e. The van der Waals surface area contributed by atoms with Gasteiger partial charge in [-0.15, -0.1) is 0 Å². The van der Waals surface area contributed by atoms with E-state index in [9.17, 15) is 10.1 Å². The van der Waals surface area contributed by atoms with Gasteiger partial charge < -0.3 is 15.5 Å². The molecule has 17 heavy (non-hydrogen) atoms. The molecular weight excluding hydrogens is 226 g/mol. The van der Waals surface area contributed by atoms with Gasteiger partial charge in [-0.1, -0.05) is 0 Å². The SMILES string of the molecule is Cc1cc([N+](=O)[O-])cnc1NC(C)(CO)CO. The molecule has 0 amide bonds. The van der Waals surface area contributed by atoms with Crippen LogP contribution in [-0.2, 0) is 0 Å². The molecule has 0 spiro atoms. The van der Waals surface area contributed by atoms with Crippen LogP contribution in [0, 0.1) is 17.0 Å². The maximum absolute atomic E-state index is 10.5. The number of nitrogens with one attached hydrogen (secondary N) is 1. The third-order valence-corrected chi connectivity index (χ3v) is 2.39. The zero-order valence-electron chi connectivity index (χ0n) is 9.67. The highest BCUT2D eigenvalue weighted by molar-refractivity contribution is 5.49. The normalized spacial score (nSPS) is 11.3. The number of aliphatic hydroxyl groups is 2. The predicted octanol–water partition coefficient (Wildman–Crippen LogP) is 0.453. The van der Waals surface area contributed by atoms with Crippen molar-refractivity contribution in [3.05, 3.63) is 27.9 Å². The highest BCUT2D eigenvalue weighted by Gasteiger charge is 2.23. The van der Waals surface area contributed by atoms with Crippen molar-refractivity contribution in [3.8, 4) is 0 Å². The highest BCUT2D eigenvalue weighted by atomic mass is 16.6. The van der Waals surface area contributed by atoms with Gasteiger partial charge >= 0.3 is 0 Å². The number of nitrogens with zero attached hydrogens (tertiary/aromatic N) is 2. The minimum atomic E-state index is -0.909. The summed E-state index contributed by atoms with van der Waals surface area (Å²) in [4.78, 5) is 13.9. The van der Waals surface area contributed by atoms with Gasteiger partial charge in [-0.2, -0.15) is 0 Å². The van der Waals surface area contributed by atoms with E-state index in [-0.39, 0.29) is 18.9 Å². The van der Waals surface area contributed by atoms with Crippen LogP contribution in [0.2, 0.25) is 0 Å². The summed E-state index contributed by atoms with van der Waals surface area (Å²) in [6, 6.07) is 1.38. The number of nitro groups is 1. The molecule has 1 aromatic rings. The molecule has 0 atom stereocenters. The third kappa shape index (κ3) is 3.11. The minimum absolute atomic E-state index is 0.0947. The van der Waals surface area contributed by atoms with Gasteiger partial charge in [0.25, 0.3) is 5.69 Å². The molecular formula is C10H15N3O4. The summed E-state index contributed by atoms with van der Waals surface area (Å²) in [5.41, 5.74) is -0.427. The molecule has 0 bridgehead atoms. The fraction of sp³-hybridized carbons (Fsp3) is 0.500. The second kappa shape index (κ2) is 5.07. The zero-order valence-corrected chi connectivity index (χ0v) is 9.67. The second-order valence-corrected chi connectivity index (χ2v) is 4.12. The molecule has 1 aromatic heterocycles. The Labute approximate surface area is 98.3 Å². The van der Waals surface area contributed by atoms with Crippen LogP contribution in [0.15, 0.2) is 12.3 Å². The van der Waals surface area contributed by atoms with Gasteiger partial charge in [0, 0.05) is 6.07 Å². The molecule has 0 unspecified atom stereocenters. The average molecular weight is 241 g/mol. The van der Waals surface area contributed by atoms with E-state index in [2.05, 4.69) is 10.3 Å². The van der Waals surface area contributed by atoms with Crippen molar-refractivity contribution in [1.82, 2.24) is 4.98 Å². The standard InChI is InChI=1S/C10H15N3O4/c1-7-3-8(13(16)17)4-11-9(7)12-10(2,5-14)6-15/h3-4,14-15H,5-6H2,1-2H3,(H,11,12). The molecule has 0 aliphatic rings. The molecule has 7 nitrogen and oxygen atoms in total. The monoisotopic (exact) mass is 241 g/mol. The average Bonchev–Trinajstić information content (AvgIpc) is 2.31. The quantitative estimate of drug-likeness (QED) is 0.510. The summed E-state index contributed by atoms with van der Waals surface area (Å²) in [5, 5.41) is 31.6. The molecule has 1 heterocycles. The second-order valence-electron chi connectivity index (χ2n) is 4.12. The number of hydrogen-bond donors (Lipinski definition) is 3. The molecule has 0 saturated heterocycles. The molecule has 0 saturated carbocycles. The van der Waals surface area contributed by atoms with Crippen molar-refractivity contribution in [1.29, 1.82) is 0 Å². The first-order valence-electron chi connectivity index (χ1n) is 5.03. The lowest BCUT2D eigenvalue weighted by atomic mass is 10.1. The Bertz CT molecular complexity index is 418. The van der Waals surface area contributed by atoms with Gasteiger partial charge in [0.05, 0.1) is 23.7 Å². The van der Waals surface area contributed by atoms with E-state index in [0.29, 0.717) is 11.4 Å². The van der Waals surface area contributed by atoms with Gasteiger partial charge in [0.2, 0.25) is 0 Å². The Morgan fingerprint density at radius 1 is 1.53 bits per heavy atom. The van der Waals surface area contributed by atoms with Gasteiger partial charge in [-0.05, 0) is 19.4 Å². The highest BCUT2D eigenvalue weighted by Crippen LogP contribution is 2.20. The Morgan fingerprint density at radius 3 is 2.53 bits per heavy atom. The van der Waals surface area contributed by atoms with Crippen molar-refractivity contribution in [2.75, 3.05) is 18.5 Å². The summed E-state index contributed by atoms with van der Waals surface area (Å²) in [6.07, 6.45) is 1.13. The fourth-order valence-corrected chi connectivity index (χ4v) is 1.21. The van der Waals surface area contributed by atoms with Crippen molar-refractivity contribution in [2.45, 2.75) is 19.4 Å². The van der Waals surface area contributed by atoms with E-state index in [0.717, 1.165) is 6.20 Å². The van der Waals surface area contributed by atoms with Gasteiger partial charge in [-0.3, -0.25) is 10.1 Å². The Hall–Kier alpha value is -1.73. The maximum Gasteiger partial charge on any atom is 0.287 e. The third-order valence-electron chi connectivity index (χ3n) is 2.39. The number of rotatable bonds is 5. The molecule has 0 aromatic carbocycles. The molecule has 3 N–H and O–H groups in total. The summed E-state index contributed by atoms with van der Waals surface area (Å²) < 4.78 is 0. The number of aromatic nitrogens is 1. The van der Waals surface area contributed by atoms with Crippen LogP contribution < -0.4 is 5.32 Å². The Morgan fingerprint density at radius 2 is 2.12 bits per heavy atom. The first-order chi connectivity index (χ1) is 7.91. The van der Waals surface area contributed by atoms with Crippen molar-refractivity contribution < 1.29 is 15.1 Å². The molecule has 1 rings (SSSR count). The summed E-state index contributed by atoms with van der Waals surface area (Å²) in [6.45, 7) is 2.73. The lowest BCUT2D eigenvalue weighted by Gasteiger charge is -2.27. The lowest BCUT2D eigenvalue weighted by molar-refractivity contribution is -0.385. The van der Waals surface area contributed by atoms with Crippen LogP contribution in [-0.4, -0.2) is 38.9 Å². The zero-order chi connectivity index (χ0) is 13.1. The van der Waals surface area contributed by atoms with Gasteiger partial charge in [0.1, 0.15) is 12.0 Å². The van der Waals surface area contributed by atoms with Crippen molar-refractivity contribution >= 4 is 11.5 Å². The molecule has 0 aliphatic carbocycles. The number of aliphatic hydroxyl groups excluding tert-OH is 2. The summed E-state index contributed by atoms with van der Waals surface area (Å²) in [5.74, 6) is 0.404. The van der Waals surface area contributed by atoms with Crippen LogP contribution in [0.25, 0.3) is 0 Å². The summed E-state index contributed by atoms with van der Waals surface area (Å²) in [7, 11) is 0. The van der Waals surface area contributed by atoms with E-state index < -0.39 is 10.5 Å². The molecule has 94 valence electrons. The molecule has 0 aliphatic heterocycles. The first-order valence-corrected chi connectivity index (χ1v) is 5.03. The fourth-order valence-electron chi connectivity index (χ4n) is 1.21. The van der Waals surface area contributed by atoms with E-state index in [1.165, 1.54) is 6.07 Å². The van der Waals surface area contributed by atoms with Gasteiger partial charge in [0.15, 0.2) is 0 Å². The molecule has 0 fully saturated rings. The van der Waals surface area contributed by atoms with Crippen LogP contribution >= 0.6 is 0 Å². The van der Waals surface area contributed by atoms with E-state index in [1.807, 2.05) is 0 Å². The smallest absolute Gasteiger partial charge is 0.287 e. The van der Waals surface area contributed by atoms with Crippen LogP contribution in [0.3, 0.4) is 0 Å². The van der Waals surface area contributed by atoms with Crippen molar-refractivity contribution in [2.24, 2.45) is 0 Å². The van der Waals surface area contributed by atoms with Crippen LogP contribution in [0.4, 0.5) is 11.5 Å². The lowest BCUT2D eigenvalue weighted by Crippen LogP contribution is -2.43. The van der Waals surface area contributed by atoms with Crippen molar-refractivity contribution in [3.63, 3.8) is 0 Å². The van der Waals surface area contributed by atoms with Gasteiger partial charge in [-0.25, -0.2) is 4.98 Å². The number of aryl methyl sites for hydroxylation is 1. The van der Waals surface area contributed by atoms with E-state index in [4.69, 9.17) is 10.2 Å². The number of hydrogen-bond acceptors (Lipinski definition) is 6. The Balaban J connectivity index is 2.97. The maximum atomic E-state index is 10.5. The number of pyridine rings is 1. The Kier molecular flexibility index (Phi) is 3.97. The van der Waals surface area contributed by atoms with Crippen LogP contribution in [0.1, 0.15) is 12.5 Å². The van der Waals surface area contributed by atoms with E-state index in [1.54, 1.807) is 13.8 Å².